The summed E-state index contributed by atoms with van der Waals surface area (Å²) in [4.78, 5) is 11.1. The molecule has 0 aliphatic carbocycles. The fraction of sp³-hybridized carbons (Fsp3) is 0.235. The Labute approximate surface area is 119 Å². The molecule has 3 heteroatoms. The third-order valence-electron chi connectivity index (χ3n) is 2.72. The molecule has 0 aromatic heterocycles. The van der Waals surface area contributed by atoms with E-state index in [9.17, 15) is 4.79 Å². The van der Waals surface area contributed by atoms with Crippen LogP contribution in [0.25, 0.3) is 0 Å². The predicted molar refractivity (Wildman–Crippen MR) is 78.4 cm³/mol. The summed E-state index contributed by atoms with van der Waals surface area (Å²) in [6.07, 6.45) is 0.874. The first-order chi connectivity index (χ1) is 9.69. The molecule has 0 saturated carbocycles. The summed E-state index contributed by atoms with van der Waals surface area (Å²) in [7, 11) is 0. The maximum absolute atomic E-state index is 11.1. The van der Waals surface area contributed by atoms with Crippen LogP contribution in [0, 0.1) is 0 Å². The van der Waals surface area contributed by atoms with Gasteiger partial charge in [-0.15, -0.1) is 0 Å². The highest BCUT2D eigenvalue weighted by Gasteiger charge is 2.07. The molecule has 2 aromatic rings. The molecule has 0 spiro atoms. The molecule has 2 rings (SSSR count). The third-order valence-corrected chi connectivity index (χ3v) is 2.72. The van der Waals surface area contributed by atoms with Gasteiger partial charge in [-0.2, -0.15) is 0 Å². The summed E-state index contributed by atoms with van der Waals surface area (Å²) in [6.45, 7) is 4.34. The molecule has 2 aromatic carbocycles. The van der Waals surface area contributed by atoms with Gasteiger partial charge in [-0.1, -0.05) is 30.3 Å². The molecule has 3 nitrogen and oxygen atoms in total. The number of carbonyl (C=O) groups excluding carboxylic acids is 1. The van der Waals surface area contributed by atoms with Crippen LogP contribution in [0.5, 0.6) is 11.5 Å². The van der Waals surface area contributed by atoms with Crippen molar-refractivity contribution >= 4 is 6.29 Å². The van der Waals surface area contributed by atoms with E-state index in [4.69, 9.17) is 9.47 Å². The van der Waals surface area contributed by atoms with Gasteiger partial charge in [0.25, 0.3) is 0 Å². The van der Waals surface area contributed by atoms with Gasteiger partial charge < -0.3 is 9.47 Å². The Morgan fingerprint density at radius 3 is 2.50 bits per heavy atom. The predicted octanol–water partition coefficient (Wildman–Crippen LogP) is 3.87. The molecular formula is C17H18O3. The van der Waals surface area contributed by atoms with Gasteiger partial charge in [0.05, 0.1) is 11.7 Å². The fourth-order valence-electron chi connectivity index (χ4n) is 1.82. The Hall–Kier alpha value is -2.29. The smallest absolute Gasteiger partial charge is 0.153 e. The Balaban J connectivity index is 2.14. The van der Waals surface area contributed by atoms with Crippen LogP contribution in [0.1, 0.15) is 29.8 Å². The lowest BCUT2D eigenvalue weighted by atomic mass is 10.2. The second kappa shape index (κ2) is 6.75. The Bertz CT molecular complexity index is 562. The minimum atomic E-state index is 0.0825. The van der Waals surface area contributed by atoms with E-state index >= 15 is 0 Å². The molecule has 0 atom stereocenters. The number of hydrogen-bond donors (Lipinski definition) is 0. The van der Waals surface area contributed by atoms with Crippen molar-refractivity contribution in [3.63, 3.8) is 0 Å². The van der Waals surface area contributed by atoms with Crippen LogP contribution >= 0.6 is 0 Å². The summed E-state index contributed by atoms with van der Waals surface area (Å²) in [5, 5.41) is 0. The topological polar surface area (TPSA) is 35.5 Å². The van der Waals surface area contributed by atoms with Crippen molar-refractivity contribution < 1.29 is 14.3 Å². The first-order valence-electron chi connectivity index (χ1n) is 6.61. The Kier molecular flexibility index (Phi) is 4.77. The van der Waals surface area contributed by atoms with E-state index in [1.807, 2.05) is 44.2 Å². The lowest BCUT2D eigenvalue weighted by Crippen LogP contribution is -2.06. The SMILES string of the molecule is CC(C)Oc1ccc(C=O)c(OCc2ccccc2)c1. The number of rotatable bonds is 6. The third kappa shape index (κ3) is 3.85. The Morgan fingerprint density at radius 1 is 1.10 bits per heavy atom. The molecule has 0 bridgehead atoms. The average Bonchev–Trinajstić information content (AvgIpc) is 2.46. The van der Waals surface area contributed by atoms with E-state index in [1.54, 1.807) is 18.2 Å². The molecule has 0 aliphatic heterocycles. The van der Waals surface area contributed by atoms with Gasteiger partial charge in [-0.3, -0.25) is 4.79 Å². The quantitative estimate of drug-likeness (QED) is 0.748. The zero-order valence-corrected chi connectivity index (χ0v) is 11.7. The number of aldehydes is 1. The second-order valence-electron chi connectivity index (χ2n) is 4.76. The van der Waals surface area contributed by atoms with Crippen molar-refractivity contribution in [1.82, 2.24) is 0 Å². The van der Waals surface area contributed by atoms with Gasteiger partial charge in [0.15, 0.2) is 6.29 Å². The number of benzene rings is 2. The van der Waals surface area contributed by atoms with Crippen molar-refractivity contribution in [2.45, 2.75) is 26.6 Å². The van der Waals surface area contributed by atoms with E-state index in [0.717, 1.165) is 11.8 Å². The highest BCUT2D eigenvalue weighted by atomic mass is 16.5. The van der Waals surface area contributed by atoms with E-state index in [-0.39, 0.29) is 6.10 Å². The molecule has 0 heterocycles. The van der Waals surface area contributed by atoms with Crippen LogP contribution in [-0.2, 0) is 6.61 Å². The summed E-state index contributed by atoms with van der Waals surface area (Å²) >= 11 is 0. The van der Waals surface area contributed by atoms with E-state index in [0.29, 0.717) is 23.7 Å². The van der Waals surface area contributed by atoms with E-state index < -0.39 is 0 Å². The van der Waals surface area contributed by atoms with Crippen LogP contribution in [-0.4, -0.2) is 12.4 Å². The first-order valence-corrected chi connectivity index (χ1v) is 6.61. The van der Waals surface area contributed by atoms with Crippen molar-refractivity contribution in [2.24, 2.45) is 0 Å². The van der Waals surface area contributed by atoms with Gasteiger partial charge in [0, 0.05) is 6.07 Å². The van der Waals surface area contributed by atoms with E-state index in [2.05, 4.69) is 0 Å². The normalized spacial score (nSPS) is 10.3. The lowest BCUT2D eigenvalue weighted by Gasteiger charge is -2.13. The first kappa shape index (κ1) is 14.1. The fourth-order valence-corrected chi connectivity index (χ4v) is 1.82. The van der Waals surface area contributed by atoms with Crippen LogP contribution in [0.2, 0.25) is 0 Å². The van der Waals surface area contributed by atoms with Crippen molar-refractivity contribution in [3.05, 3.63) is 59.7 Å². The summed E-state index contributed by atoms with van der Waals surface area (Å²) in [5.74, 6) is 1.25. The van der Waals surface area contributed by atoms with Gasteiger partial charge in [0.2, 0.25) is 0 Å². The van der Waals surface area contributed by atoms with Crippen molar-refractivity contribution in [1.29, 1.82) is 0 Å². The zero-order chi connectivity index (χ0) is 14.4. The Morgan fingerprint density at radius 2 is 1.85 bits per heavy atom. The van der Waals surface area contributed by atoms with Crippen molar-refractivity contribution in [3.8, 4) is 11.5 Å². The maximum atomic E-state index is 11.1. The number of carbonyl (C=O) groups is 1. The molecule has 20 heavy (non-hydrogen) atoms. The maximum Gasteiger partial charge on any atom is 0.153 e. The highest BCUT2D eigenvalue weighted by molar-refractivity contribution is 5.79. The minimum Gasteiger partial charge on any atom is -0.491 e. The van der Waals surface area contributed by atoms with Crippen LogP contribution in [0.4, 0.5) is 0 Å². The molecular weight excluding hydrogens is 252 g/mol. The molecule has 0 amide bonds. The van der Waals surface area contributed by atoms with Crippen molar-refractivity contribution in [2.75, 3.05) is 0 Å². The van der Waals surface area contributed by atoms with Crippen LogP contribution < -0.4 is 9.47 Å². The van der Waals surface area contributed by atoms with Gasteiger partial charge >= 0.3 is 0 Å². The van der Waals surface area contributed by atoms with Crippen LogP contribution in [0.15, 0.2) is 48.5 Å². The summed E-state index contributed by atoms with van der Waals surface area (Å²) < 4.78 is 11.3. The second-order valence-corrected chi connectivity index (χ2v) is 4.76. The van der Waals surface area contributed by atoms with Gasteiger partial charge in [-0.05, 0) is 31.5 Å². The molecule has 0 saturated heterocycles. The van der Waals surface area contributed by atoms with Crippen LogP contribution in [0.3, 0.4) is 0 Å². The number of hydrogen-bond acceptors (Lipinski definition) is 3. The monoisotopic (exact) mass is 270 g/mol. The van der Waals surface area contributed by atoms with Gasteiger partial charge in [-0.25, -0.2) is 0 Å². The number of ether oxygens (including phenoxy) is 2. The lowest BCUT2D eigenvalue weighted by molar-refractivity contribution is 0.111. The highest BCUT2D eigenvalue weighted by Crippen LogP contribution is 2.25. The summed E-state index contributed by atoms with van der Waals surface area (Å²) in [6, 6.07) is 15.1. The zero-order valence-electron chi connectivity index (χ0n) is 11.7. The molecule has 0 N–H and O–H groups in total. The molecule has 0 radical (unpaired) electrons. The molecule has 0 unspecified atom stereocenters. The standard InChI is InChI=1S/C17H18O3/c1-13(2)20-16-9-8-15(11-18)17(10-16)19-12-14-6-4-3-5-7-14/h3-11,13H,12H2,1-2H3. The largest absolute Gasteiger partial charge is 0.491 e. The average molecular weight is 270 g/mol. The minimum absolute atomic E-state index is 0.0825. The van der Waals surface area contributed by atoms with Gasteiger partial charge in [0.1, 0.15) is 18.1 Å². The molecule has 0 aliphatic rings. The molecule has 0 fully saturated rings. The van der Waals surface area contributed by atoms with E-state index in [1.165, 1.54) is 0 Å². The molecule has 104 valence electrons. The summed E-state index contributed by atoms with van der Waals surface area (Å²) in [5.41, 5.74) is 1.58.